The monoisotopic (exact) mass is 927 g/mol. The molecule has 4 aromatic rings. The van der Waals surface area contributed by atoms with Gasteiger partial charge in [0.25, 0.3) is 0 Å². The average Bonchev–Trinajstić information content (AvgIpc) is 4.06. The molecule has 1 saturated carbocycles. The third-order valence-corrected chi connectivity index (χ3v) is 11.3. The Balaban J connectivity index is 0.000000871. The van der Waals surface area contributed by atoms with E-state index in [1.807, 2.05) is 0 Å². The lowest BCUT2D eigenvalue weighted by Crippen LogP contribution is -2.52. The minimum Gasteiger partial charge on any atom is -0.619 e. The third-order valence-electron chi connectivity index (χ3n) is 10.6. The largest absolute Gasteiger partial charge is 0.619 e. The van der Waals surface area contributed by atoms with Crippen molar-refractivity contribution in [1.82, 2.24) is 10.2 Å². The minimum atomic E-state index is -5.08. The third kappa shape index (κ3) is 13.4. The number of carbonyl (C=O) groups is 3. The molecule has 3 aromatic carbocycles. The van der Waals surface area contributed by atoms with Gasteiger partial charge in [0.15, 0.2) is 23.9 Å². The maximum atomic E-state index is 14.4. The number of carboxylic acids is 1. The molecular weight excluding hydrogens is 887 g/mol. The molecule has 338 valence electrons. The number of ether oxygens (including phenoxy) is 4. The Morgan fingerprint density at radius 2 is 1.60 bits per heavy atom. The van der Waals surface area contributed by atoms with Crippen LogP contribution in [0.15, 0.2) is 79.1 Å². The summed E-state index contributed by atoms with van der Waals surface area (Å²) in [6, 6.07) is 15.6. The summed E-state index contributed by atoms with van der Waals surface area (Å²) in [4.78, 5) is 38.7. The van der Waals surface area contributed by atoms with Crippen molar-refractivity contribution in [2.75, 3.05) is 26.2 Å². The second-order valence-electron chi connectivity index (χ2n) is 15.2. The first-order valence-corrected chi connectivity index (χ1v) is 20.5. The number of halogens is 8. The number of pyridine rings is 1. The number of nitrogens with one attached hydrogen (secondary N) is 1. The minimum absolute atomic E-state index is 0.0318. The number of aliphatic carboxylic acids is 1. The molecule has 4 fully saturated rings. The number of hydrogen-bond donors (Lipinski definition) is 2. The van der Waals surface area contributed by atoms with Crippen LogP contribution in [0, 0.1) is 22.9 Å². The lowest BCUT2D eigenvalue weighted by molar-refractivity contribution is -0.605. The molecule has 0 spiro atoms. The lowest BCUT2D eigenvalue weighted by Gasteiger charge is -2.44. The molecule has 0 amide bonds. The molecule has 2 N–H and O–H groups in total. The van der Waals surface area contributed by atoms with Gasteiger partial charge in [-0.15, -0.1) is 0 Å². The number of rotatable bonds is 16. The molecule has 3 saturated heterocycles. The summed E-state index contributed by atoms with van der Waals surface area (Å²) in [5.41, 5.74) is 1.87. The molecular formula is C43H41Cl2F6N3O9. The Kier molecular flexibility index (Phi) is 15.7. The van der Waals surface area contributed by atoms with Crippen molar-refractivity contribution in [1.29, 1.82) is 0 Å². The Bertz CT molecular complexity index is 2240. The van der Waals surface area contributed by atoms with Gasteiger partial charge in [0.1, 0.15) is 34.1 Å². The Hall–Kier alpha value is -5.30. The molecule has 12 nitrogen and oxygen atoms in total. The second-order valence-corrected chi connectivity index (χ2v) is 16.0. The fourth-order valence-corrected chi connectivity index (χ4v) is 7.77. The number of nitrogens with zero attached hydrogens (tertiary/aromatic N) is 2. The van der Waals surface area contributed by atoms with Crippen LogP contribution >= 0.6 is 23.2 Å². The second kappa shape index (κ2) is 20.9. The van der Waals surface area contributed by atoms with Crippen LogP contribution in [0.25, 0.3) is 0 Å². The van der Waals surface area contributed by atoms with E-state index < -0.39 is 48.7 Å². The number of alkyl halides is 5. The summed E-state index contributed by atoms with van der Waals surface area (Å²) >= 11 is 12.8. The van der Waals surface area contributed by atoms with E-state index in [0.29, 0.717) is 46.1 Å². The van der Waals surface area contributed by atoms with Crippen LogP contribution in [-0.4, -0.2) is 73.0 Å². The zero-order valence-corrected chi connectivity index (χ0v) is 34.7. The first-order valence-electron chi connectivity index (χ1n) is 19.7. The van der Waals surface area contributed by atoms with Gasteiger partial charge >= 0.3 is 30.7 Å². The van der Waals surface area contributed by atoms with E-state index in [2.05, 4.69) is 10.2 Å². The quantitative estimate of drug-likeness (QED) is 0.0483. The highest BCUT2D eigenvalue weighted by Crippen LogP contribution is 2.38. The van der Waals surface area contributed by atoms with Crippen molar-refractivity contribution in [2.45, 2.75) is 69.7 Å². The molecule has 4 aliphatic rings. The van der Waals surface area contributed by atoms with Crippen LogP contribution in [0.5, 0.6) is 11.5 Å². The van der Waals surface area contributed by atoms with Crippen molar-refractivity contribution in [3.05, 3.63) is 128 Å². The standard InChI is InChI=1S/C41H40Cl2F3N3O7.C2HF3O2/c42-32-20-49(52)21-33(43)31(32)18-35(27-9-10-34(56-41(45)46)36(17-27)53-23-24-7-8-24)54-39(50)29-5-1-3-25(15-29)19-47-38(28-4-2-6-30(44)16-28)40(51)55-37-22-48-13-11-26(37)12-14-48;3-2(4,5)1(6)7/h1-6,9-10,15-17,20-21,24,26,35,37-38,41,47H,7-8,11-14,18-19,22-23H2;(H,6,7)/t35-,37-,38?;/m0./s1. The number of esters is 2. The Labute approximate surface area is 367 Å². The molecule has 8 rings (SSSR count). The molecule has 2 bridgehead atoms. The summed E-state index contributed by atoms with van der Waals surface area (Å²) in [6.45, 7) is -0.0550. The normalized spacial score (nSPS) is 19.0. The zero-order chi connectivity index (χ0) is 45.4. The van der Waals surface area contributed by atoms with E-state index in [4.69, 9.17) is 52.1 Å². The number of fused-ring (bicyclic) bond motifs is 3. The number of benzene rings is 3. The summed E-state index contributed by atoms with van der Waals surface area (Å²) in [5.74, 6) is -4.05. The summed E-state index contributed by atoms with van der Waals surface area (Å²) in [6.07, 6.45) is -0.428. The first kappa shape index (κ1) is 47.2. The van der Waals surface area contributed by atoms with E-state index in [-0.39, 0.29) is 52.1 Å². The highest BCUT2D eigenvalue weighted by atomic mass is 35.5. The predicted octanol–water partition coefficient (Wildman–Crippen LogP) is 8.40. The van der Waals surface area contributed by atoms with E-state index in [9.17, 15) is 41.1 Å². The van der Waals surface area contributed by atoms with Gasteiger partial charge in [-0.3, -0.25) is 10.2 Å². The highest BCUT2D eigenvalue weighted by Gasteiger charge is 2.39. The topological polar surface area (TPSA) is 151 Å². The maximum Gasteiger partial charge on any atom is 0.490 e. The molecule has 1 aliphatic carbocycles. The fourth-order valence-electron chi connectivity index (χ4n) is 7.17. The van der Waals surface area contributed by atoms with Crippen molar-refractivity contribution in [3.8, 4) is 11.5 Å². The zero-order valence-electron chi connectivity index (χ0n) is 33.2. The van der Waals surface area contributed by atoms with Gasteiger partial charge in [-0.2, -0.15) is 26.7 Å². The number of carboxylic acid groups (broad SMARTS) is 1. The Morgan fingerprint density at radius 1 is 0.921 bits per heavy atom. The van der Waals surface area contributed by atoms with Gasteiger partial charge in [-0.05, 0) is 104 Å². The molecule has 1 unspecified atom stereocenters. The smallest absolute Gasteiger partial charge is 0.490 e. The Morgan fingerprint density at radius 3 is 2.21 bits per heavy atom. The lowest BCUT2D eigenvalue weighted by atomic mass is 9.86. The average molecular weight is 929 g/mol. The van der Waals surface area contributed by atoms with Gasteiger partial charge in [0.2, 0.25) is 0 Å². The predicted molar refractivity (Wildman–Crippen MR) is 214 cm³/mol. The molecule has 0 radical (unpaired) electrons. The summed E-state index contributed by atoms with van der Waals surface area (Å²) in [7, 11) is 0. The highest BCUT2D eigenvalue weighted by molar-refractivity contribution is 6.35. The van der Waals surface area contributed by atoms with Gasteiger partial charge in [-0.25, -0.2) is 18.8 Å². The summed E-state index contributed by atoms with van der Waals surface area (Å²) in [5, 5.41) is 22.4. The van der Waals surface area contributed by atoms with E-state index in [1.54, 1.807) is 30.3 Å². The van der Waals surface area contributed by atoms with E-state index in [1.165, 1.54) is 36.4 Å². The molecule has 1 aromatic heterocycles. The van der Waals surface area contributed by atoms with Gasteiger partial charge < -0.3 is 29.3 Å². The molecule has 3 aliphatic heterocycles. The van der Waals surface area contributed by atoms with Crippen LogP contribution in [0.2, 0.25) is 10.0 Å². The number of piperidine rings is 3. The molecule has 3 atom stereocenters. The van der Waals surface area contributed by atoms with Crippen molar-refractivity contribution >= 4 is 41.1 Å². The fraction of sp³-hybridized carbons (Fsp3) is 0.395. The van der Waals surface area contributed by atoms with Crippen LogP contribution < -0.4 is 19.5 Å². The van der Waals surface area contributed by atoms with E-state index in [0.717, 1.165) is 51.2 Å². The van der Waals surface area contributed by atoms with Gasteiger partial charge in [-0.1, -0.05) is 53.5 Å². The van der Waals surface area contributed by atoms with Gasteiger partial charge in [0.05, 0.1) is 12.2 Å². The van der Waals surface area contributed by atoms with Crippen LogP contribution in [-0.2, 0) is 32.0 Å². The van der Waals surface area contributed by atoms with Gasteiger partial charge in [0, 0.05) is 25.1 Å². The first-order chi connectivity index (χ1) is 29.9. The number of carbonyl (C=O) groups excluding carboxylic acids is 2. The van der Waals surface area contributed by atoms with Crippen molar-refractivity contribution < 1.29 is 69.5 Å². The van der Waals surface area contributed by atoms with Crippen LogP contribution in [0.4, 0.5) is 26.3 Å². The van der Waals surface area contributed by atoms with Crippen molar-refractivity contribution in [3.63, 3.8) is 0 Å². The van der Waals surface area contributed by atoms with Crippen LogP contribution in [0.1, 0.15) is 70.4 Å². The molecule has 63 heavy (non-hydrogen) atoms. The van der Waals surface area contributed by atoms with E-state index >= 15 is 0 Å². The SMILES string of the molecule is O=C(O)C(F)(F)F.O=C(O[C@@H](Cc1c(Cl)c[n+]([O-])cc1Cl)c1ccc(OC(F)F)c(OCC2CC2)c1)c1cccc(CNC(C(=O)O[C@H]2CN3CCC2CC3)c2cccc(F)c2)c1. The van der Waals surface area contributed by atoms with Crippen molar-refractivity contribution in [2.24, 2.45) is 11.8 Å². The molecule has 20 heteroatoms. The van der Waals surface area contributed by atoms with Crippen LogP contribution in [0.3, 0.4) is 0 Å². The maximum absolute atomic E-state index is 14.4. The molecule has 4 heterocycles. The summed E-state index contributed by atoms with van der Waals surface area (Å²) < 4.78 is 95.8. The number of aromatic nitrogens is 1. The number of hydrogen-bond acceptors (Lipinski definition) is 10.